The summed E-state index contributed by atoms with van der Waals surface area (Å²) in [4.78, 5) is 13.1. The molecule has 0 aliphatic heterocycles. The molecular formula is C19H24N6. The Bertz CT molecular complexity index is 867. The molecular weight excluding hydrogens is 312 g/mol. The van der Waals surface area contributed by atoms with E-state index in [0.717, 1.165) is 43.7 Å². The van der Waals surface area contributed by atoms with E-state index in [2.05, 4.69) is 45.7 Å². The summed E-state index contributed by atoms with van der Waals surface area (Å²) in [6, 6.07) is 10.3. The average Bonchev–Trinajstić information content (AvgIpc) is 2.93. The van der Waals surface area contributed by atoms with Gasteiger partial charge in [0.1, 0.15) is 5.82 Å². The van der Waals surface area contributed by atoms with E-state index in [9.17, 15) is 0 Å². The zero-order valence-corrected chi connectivity index (χ0v) is 14.5. The molecule has 0 spiro atoms. The number of hydrogen-bond donors (Lipinski definition) is 2. The second-order valence-corrected chi connectivity index (χ2v) is 6.00. The summed E-state index contributed by atoms with van der Waals surface area (Å²) in [5, 5.41) is 0. The molecule has 2 heterocycles. The van der Waals surface area contributed by atoms with Gasteiger partial charge in [0.05, 0.1) is 0 Å². The fourth-order valence-electron chi connectivity index (χ4n) is 2.88. The normalized spacial score (nSPS) is 11.6. The van der Waals surface area contributed by atoms with Gasteiger partial charge in [0.25, 0.3) is 0 Å². The van der Waals surface area contributed by atoms with Crippen LogP contribution in [0.2, 0.25) is 0 Å². The molecule has 0 bridgehead atoms. The van der Waals surface area contributed by atoms with Gasteiger partial charge in [-0.2, -0.15) is 9.97 Å². The van der Waals surface area contributed by atoms with E-state index in [1.165, 1.54) is 5.56 Å². The van der Waals surface area contributed by atoms with Crippen LogP contribution in [0.4, 0.5) is 11.8 Å². The lowest BCUT2D eigenvalue weighted by Crippen LogP contribution is -2.07. The smallest absolute Gasteiger partial charge is 0.224 e. The number of nitrogens with two attached hydrogens (primary N) is 2. The molecule has 25 heavy (non-hydrogen) atoms. The number of allylic oxidation sites excluding steroid dienone is 2. The quantitative estimate of drug-likeness (QED) is 0.509. The first kappa shape index (κ1) is 17.0. The van der Waals surface area contributed by atoms with Crippen molar-refractivity contribution in [3.05, 3.63) is 53.9 Å². The van der Waals surface area contributed by atoms with Gasteiger partial charge in [-0.05, 0) is 24.8 Å². The van der Waals surface area contributed by atoms with Gasteiger partial charge in [0, 0.05) is 13.0 Å². The van der Waals surface area contributed by atoms with Gasteiger partial charge < -0.3 is 16.0 Å². The van der Waals surface area contributed by atoms with Crippen LogP contribution in [0.5, 0.6) is 0 Å². The van der Waals surface area contributed by atoms with E-state index < -0.39 is 0 Å². The maximum absolute atomic E-state index is 6.01. The van der Waals surface area contributed by atoms with Gasteiger partial charge >= 0.3 is 0 Å². The molecule has 1 aromatic carbocycles. The van der Waals surface area contributed by atoms with Gasteiger partial charge in [0.2, 0.25) is 5.95 Å². The molecule has 0 saturated carbocycles. The van der Waals surface area contributed by atoms with Crippen LogP contribution in [0.1, 0.15) is 37.6 Å². The summed E-state index contributed by atoms with van der Waals surface area (Å²) in [5.41, 5.74) is 14.3. The van der Waals surface area contributed by atoms with Gasteiger partial charge in [-0.25, -0.2) is 4.98 Å². The van der Waals surface area contributed by atoms with E-state index in [1.54, 1.807) is 0 Å². The maximum atomic E-state index is 6.01. The van der Waals surface area contributed by atoms with Gasteiger partial charge in [0.15, 0.2) is 17.0 Å². The van der Waals surface area contributed by atoms with Crippen LogP contribution in [-0.2, 0) is 13.0 Å². The first-order valence-electron chi connectivity index (χ1n) is 8.66. The Hall–Kier alpha value is -2.89. The van der Waals surface area contributed by atoms with Crippen molar-refractivity contribution in [1.29, 1.82) is 0 Å². The molecule has 0 amide bonds. The van der Waals surface area contributed by atoms with Gasteiger partial charge in [-0.3, -0.25) is 0 Å². The summed E-state index contributed by atoms with van der Waals surface area (Å²) >= 11 is 0. The molecule has 4 N–H and O–H groups in total. The third-order valence-electron chi connectivity index (χ3n) is 4.08. The lowest BCUT2D eigenvalue weighted by atomic mass is 10.1. The Kier molecular flexibility index (Phi) is 5.28. The topological polar surface area (TPSA) is 95.6 Å². The van der Waals surface area contributed by atoms with E-state index in [4.69, 9.17) is 16.5 Å². The molecule has 0 unspecified atom stereocenters. The minimum absolute atomic E-state index is 0.184. The van der Waals surface area contributed by atoms with E-state index in [-0.39, 0.29) is 5.95 Å². The molecule has 0 aliphatic carbocycles. The van der Waals surface area contributed by atoms with Crippen molar-refractivity contribution in [2.24, 2.45) is 0 Å². The highest BCUT2D eigenvalue weighted by Gasteiger charge is 2.16. The largest absolute Gasteiger partial charge is 0.382 e. The van der Waals surface area contributed by atoms with Crippen LogP contribution in [-0.4, -0.2) is 19.5 Å². The predicted octanol–water partition coefficient (Wildman–Crippen LogP) is 3.33. The van der Waals surface area contributed by atoms with Crippen LogP contribution in [0.15, 0.2) is 42.5 Å². The number of anilines is 2. The fraction of sp³-hybridized carbons (Fsp3) is 0.316. The number of aromatic nitrogens is 4. The standard InChI is InChI=1S/C19H24N6/c1-2-3-4-5-9-12-25-15(13-14-10-7-6-8-11-14)22-16-17(20)23-19(21)24-18(16)25/h3-4,6-8,10-11H,2,5,9,12-13H2,1H3,(H4,20,21,23,24). The lowest BCUT2D eigenvalue weighted by molar-refractivity contribution is 0.634. The first-order valence-corrected chi connectivity index (χ1v) is 8.66. The highest BCUT2D eigenvalue weighted by atomic mass is 15.2. The van der Waals surface area contributed by atoms with Crippen LogP contribution in [0, 0.1) is 0 Å². The van der Waals surface area contributed by atoms with Crippen molar-refractivity contribution in [3.8, 4) is 0 Å². The number of benzene rings is 1. The zero-order chi connectivity index (χ0) is 17.6. The second-order valence-electron chi connectivity index (χ2n) is 6.00. The van der Waals surface area contributed by atoms with E-state index >= 15 is 0 Å². The number of fused-ring (bicyclic) bond motifs is 1. The minimum Gasteiger partial charge on any atom is -0.382 e. The number of nitrogen functional groups attached to an aromatic ring is 2. The van der Waals surface area contributed by atoms with E-state index in [1.807, 2.05) is 18.2 Å². The Balaban J connectivity index is 1.94. The molecule has 6 heteroatoms. The SMILES string of the molecule is CCC=CCCCn1c(Cc2ccccc2)nc2c(N)nc(N)nc21. The lowest BCUT2D eigenvalue weighted by Gasteiger charge is -2.08. The highest BCUT2D eigenvalue weighted by molar-refractivity contribution is 5.83. The zero-order valence-electron chi connectivity index (χ0n) is 14.5. The molecule has 0 fully saturated rings. The third kappa shape index (κ3) is 3.96. The molecule has 0 saturated heterocycles. The van der Waals surface area contributed by atoms with Crippen LogP contribution in [0.25, 0.3) is 11.2 Å². The monoisotopic (exact) mass is 336 g/mol. The summed E-state index contributed by atoms with van der Waals surface area (Å²) in [7, 11) is 0. The molecule has 130 valence electrons. The number of imidazole rings is 1. The summed E-state index contributed by atoms with van der Waals surface area (Å²) < 4.78 is 2.12. The van der Waals surface area contributed by atoms with Gasteiger partial charge in [-0.1, -0.05) is 49.4 Å². The second kappa shape index (κ2) is 7.79. The molecule has 2 aromatic heterocycles. The summed E-state index contributed by atoms with van der Waals surface area (Å²) in [6.45, 7) is 2.96. The minimum atomic E-state index is 0.184. The predicted molar refractivity (Wildman–Crippen MR) is 102 cm³/mol. The molecule has 3 aromatic rings. The van der Waals surface area contributed by atoms with Crippen molar-refractivity contribution >= 4 is 22.9 Å². The third-order valence-corrected chi connectivity index (χ3v) is 4.08. The number of hydrogen-bond acceptors (Lipinski definition) is 5. The Labute approximate surface area is 147 Å². The van der Waals surface area contributed by atoms with E-state index in [0.29, 0.717) is 11.3 Å². The Morgan fingerprint density at radius 3 is 2.60 bits per heavy atom. The van der Waals surface area contributed by atoms with Crippen LogP contribution >= 0.6 is 0 Å². The molecule has 0 radical (unpaired) electrons. The molecule has 0 atom stereocenters. The van der Waals surface area contributed by atoms with Crippen molar-refractivity contribution in [1.82, 2.24) is 19.5 Å². The summed E-state index contributed by atoms with van der Waals surface area (Å²) in [6.07, 6.45) is 8.22. The number of nitrogens with zero attached hydrogens (tertiary/aromatic N) is 4. The number of unbranched alkanes of at least 4 members (excludes halogenated alkanes) is 1. The van der Waals surface area contributed by atoms with Crippen molar-refractivity contribution in [3.63, 3.8) is 0 Å². The van der Waals surface area contributed by atoms with Crippen molar-refractivity contribution in [2.75, 3.05) is 11.5 Å². The highest BCUT2D eigenvalue weighted by Crippen LogP contribution is 2.22. The first-order chi connectivity index (χ1) is 12.2. The Morgan fingerprint density at radius 2 is 1.84 bits per heavy atom. The Morgan fingerprint density at radius 1 is 1.04 bits per heavy atom. The molecule has 6 nitrogen and oxygen atoms in total. The number of aryl methyl sites for hydroxylation is 1. The van der Waals surface area contributed by atoms with Crippen molar-refractivity contribution in [2.45, 2.75) is 39.2 Å². The van der Waals surface area contributed by atoms with Gasteiger partial charge in [-0.15, -0.1) is 0 Å². The fourth-order valence-corrected chi connectivity index (χ4v) is 2.88. The molecule has 3 rings (SSSR count). The van der Waals surface area contributed by atoms with Crippen molar-refractivity contribution < 1.29 is 0 Å². The van der Waals surface area contributed by atoms with Crippen LogP contribution < -0.4 is 11.5 Å². The average molecular weight is 336 g/mol. The molecule has 0 aliphatic rings. The number of rotatable bonds is 7. The summed E-state index contributed by atoms with van der Waals surface area (Å²) in [5.74, 6) is 1.46. The van der Waals surface area contributed by atoms with Crippen LogP contribution in [0.3, 0.4) is 0 Å². The maximum Gasteiger partial charge on any atom is 0.224 e.